The molecular weight excluding hydrogens is 367 g/mol. The molecule has 0 spiro atoms. The summed E-state index contributed by atoms with van der Waals surface area (Å²) in [7, 11) is 0. The summed E-state index contributed by atoms with van der Waals surface area (Å²) in [4.78, 5) is 7.35. The highest BCUT2D eigenvalue weighted by molar-refractivity contribution is 5.75. The Kier molecular flexibility index (Phi) is 6.75. The van der Waals surface area contributed by atoms with Crippen LogP contribution in [0, 0.1) is 5.82 Å². The molecule has 0 atom stereocenters. The van der Waals surface area contributed by atoms with Crippen molar-refractivity contribution in [3.63, 3.8) is 0 Å². The van der Waals surface area contributed by atoms with Crippen molar-refractivity contribution < 1.29 is 9.13 Å². The number of rotatable bonds is 9. The number of ether oxygens (including phenoxy) is 1. The first-order valence-corrected chi connectivity index (χ1v) is 10.6. The maximum Gasteiger partial charge on any atom is 0.124 e. The topological polar surface area (TPSA) is 42.3 Å². The van der Waals surface area contributed by atoms with E-state index in [-0.39, 0.29) is 5.82 Å². The summed E-state index contributed by atoms with van der Waals surface area (Å²) in [5, 5.41) is 3.56. The van der Waals surface area contributed by atoms with Gasteiger partial charge in [0.2, 0.25) is 0 Å². The van der Waals surface area contributed by atoms with E-state index in [2.05, 4.69) is 20.9 Å². The number of imidazole rings is 1. The number of nitrogens with zero attached hydrogens (tertiary/aromatic N) is 3. The summed E-state index contributed by atoms with van der Waals surface area (Å²) < 4.78 is 21.1. The fourth-order valence-corrected chi connectivity index (χ4v) is 3.92. The van der Waals surface area contributed by atoms with Crippen LogP contribution in [0.2, 0.25) is 0 Å². The standard InChI is InChI=1S/C23H29FN4O/c24-19-8-10-20(11-9-19)29-17-16-28-22-7-3-2-6-21(22)26-23(28)18-25-12-15-27-13-4-1-5-14-27/h2-3,6-11,25H,1,4-5,12-18H2. The minimum absolute atomic E-state index is 0.254. The predicted molar refractivity (Wildman–Crippen MR) is 114 cm³/mol. The summed E-state index contributed by atoms with van der Waals surface area (Å²) in [5.41, 5.74) is 2.12. The Morgan fingerprint density at radius 1 is 0.966 bits per heavy atom. The van der Waals surface area contributed by atoms with Crippen LogP contribution in [-0.2, 0) is 13.1 Å². The zero-order valence-electron chi connectivity index (χ0n) is 16.8. The molecule has 1 aliphatic heterocycles. The third-order valence-corrected chi connectivity index (χ3v) is 5.47. The minimum atomic E-state index is -0.254. The van der Waals surface area contributed by atoms with Crippen molar-refractivity contribution in [3.05, 3.63) is 60.2 Å². The van der Waals surface area contributed by atoms with Crippen LogP contribution in [0.15, 0.2) is 48.5 Å². The lowest BCUT2D eigenvalue weighted by Gasteiger charge is -2.26. The lowest BCUT2D eigenvalue weighted by molar-refractivity contribution is 0.228. The minimum Gasteiger partial charge on any atom is -0.492 e. The maximum absolute atomic E-state index is 13.0. The molecule has 5 nitrogen and oxygen atoms in total. The second-order valence-electron chi connectivity index (χ2n) is 7.55. The Balaban J connectivity index is 1.35. The first-order chi connectivity index (χ1) is 14.3. The molecule has 1 N–H and O–H groups in total. The Hall–Kier alpha value is -2.44. The van der Waals surface area contributed by atoms with Gasteiger partial charge in [0, 0.05) is 13.1 Å². The number of likely N-dealkylation sites (tertiary alicyclic amines) is 1. The van der Waals surface area contributed by atoms with Crippen molar-refractivity contribution in [2.24, 2.45) is 0 Å². The van der Waals surface area contributed by atoms with Crippen LogP contribution >= 0.6 is 0 Å². The number of piperidine rings is 1. The van der Waals surface area contributed by atoms with Crippen molar-refractivity contribution in [2.45, 2.75) is 32.4 Å². The van der Waals surface area contributed by atoms with E-state index in [0.717, 1.165) is 36.5 Å². The predicted octanol–water partition coefficient (Wildman–Crippen LogP) is 3.83. The number of fused-ring (bicyclic) bond motifs is 1. The summed E-state index contributed by atoms with van der Waals surface area (Å²) >= 11 is 0. The molecule has 154 valence electrons. The fourth-order valence-electron chi connectivity index (χ4n) is 3.92. The average molecular weight is 397 g/mol. The van der Waals surface area contributed by atoms with Crippen molar-refractivity contribution in [1.82, 2.24) is 19.8 Å². The number of para-hydroxylation sites is 2. The second-order valence-corrected chi connectivity index (χ2v) is 7.55. The molecule has 0 radical (unpaired) electrons. The van der Waals surface area contributed by atoms with Crippen molar-refractivity contribution >= 4 is 11.0 Å². The molecule has 1 aromatic heterocycles. The van der Waals surface area contributed by atoms with Gasteiger partial charge in [0.1, 0.15) is 24.0 Å². The molecule has 0 saturated carbocycles. The van der Waals surface area contributed by atoms with E-state index < -0.39 is 0 Å². The number of halogens is 1. The zero-order chi connectivity index (χ0) is 19.9. The Morgan fingerprint density at radius 3 is 2.59 bits per heavy atom. The van der Waals surface area contributed by atoms with E-state index in [1.807, 2.05) is 18.2 Å². The molecule has 29 heavy (non-hydrogen) atoms. The van der Waals surface area contributed by atoms with Crippen LogP contribution in [0.1, 0.15) is 25.1 Å². The molecule has 1 aliphatic rings. The molecule has 2 aromatic carbocycles. The van der Waals surface area contributed by atoms with Gasteiger partial charge in [0.25, 0.3) is 0 Å². The maximum atomic E-state index is 13.0. The fraction of sp³-hybridized carbons (Fsp3) is 0.435. The normalized spacial score (nSPS) is 15.1. The summed E-state index contributed by atoms with van der Waals surface area (Å²) in [6, 6.07) is 14.3. The molecule has 0 unspecified atom stereocenters. The highest BCUT2D eigenvalue weighted by atomic mass is 19.1. The Labute approximate surface area is 171 Å². The van der Waals surface area contributed by atoms with Gasteiger partial charge in [-0.3, -0.25) is 0 Å². The lowest BCUT2D eigenvalue weighted by atomic mass is 10.1. The van der Waals surface area contributed by atoms with E-state index in [1.54, 1.807) is 12.1 Å². The van der Waals surface area contributed by atoms with Crippen molar-refractivity contribution in [3.8, 4) is 5.75 Å². The largest absolute Gasteiger partial charge is 0.492 e. The SMILES string of the molecule is Fc1ccc(OCCn2c(CNCCN3CCCCC3)nc3ccccc32)cc1. The highest BCUT2D eigenvalue weighted by Crippen LogP contribution is 2.17. The van der Waals surface area contributed by atoms with Gasteiger partial charge >= 0.3 is 0 Å². The quantitative estimate of drug-likeness (QED) is 0.558. The van der Waals surface area contributed by atoms with E-state index in [1.165, 1.54) is 44.5 Å². The van der Waals surface area contributed by atoms with Crippen LogP contribution in [0.3, 0.4) is 0 Å². The van der Waals surface area contributed by atoms with Crippen LogP contribution < -0.4 is 10.1 Å². The van der Waals surface area contributed by atoms with Crippen LogP contribution in [0.25, 0.3) is 11.0 Å². The summed E-state index contributed by atoms with van der Waals surface area (Å²) in [6.45, 7) is 6.44. The highest BCUT2D eigenvalue weighted by Gasteiger charge is 2.12. The number of hydrogen-bond donors (Lipinski definition) is 1. The van der Waals surface area contributed by atoms with Gasteiger partial charge in [0.05, 0.1) is 24.1 Å². The Bertz CT molecular complexity index is 903. The Morgan fingerprint density at radius 2 is 1.76 bits per heavy atom. The third kappa shape index (κ3) is 5.34. The van der Waals surface area contributed by atoms with Crippen LogP contribution in [-0.4, -0.2) is 47.2 Å². The lowest BCUT2D eigenvalue weighted by Crippen LogP contribution is -2.35. The van der Waals surface area contributed by atoms with Gasteiger partial charge in [-0.1, -0.05) is 18.6 Å². The molecule has 0 aliphatic carbocycles. The van der Waals surface area contributed by atoms with Gasteiger partial charge in [-0.2, -0.15) is 0 Å². The van der Waals surface area contributed by atoms with E-state index >= 15 is 0 Å². The number of aromatic nitrogens is 2. The first kappa shape index (κ1) is 19.9. The summed E-state index contributed by atoms with van der Waals surface area (Å²) in [5.74, 6) is 1.44. The molecule has 2 heterocycles. The number of benzene rings is 2. The van der Waals surface area contributed by atoms with Crippen molar-refractivity contribution in [2.75, 3.05) is 32.8 Å². The van der Waals surface area contributed by atoms with Crippen molar-refractivity contribution in [1.29, 1.82) is 0 Å². The van der Waals surface area contributed by atoms with E-state index in [0.29, 0.717) is 18.9 Å². The van der Waals surface area contributed by atoms with Gasteiger partial charge in [-0.15, -0.1) is 0 Å². The molecule has 6 heteroatoms. The molecular formula is C23H29FN4O. The van der Waals surface area contributed by atoms with E-state index in [9.17, 15) is 4.39 Å². The average Bonchev–Trinajstić information content (AvgIpc) is 3.11. The van der Waals surface area contributed by atoms with Crippen LogP contribution in [0.5, 0.6) is 5.75 Å². The zero-order valence-corrected chi connectivity index (χ0v) is 16.8. The number of hydrogen-bond acceptors (Lipinski definition) is 4. The van der Waals surface area contributed by atoms with Gasteiger partial charge in [-0.05, 0) is 62.3 Å². The molecule has 0 amide bonds. The molecule has 4 rings (SSSR count). The molecule has 1 fully saturated rings. The smallest absolute Gasteiger partial charge is 0.124 e. The molecule has 3 aromatic rings. The monoisotopic (exact) mass is 396 g/mol. The third-order valence-electron chi connectivity index (χ3n) is 5.47. The number of nitrogens with one attached hydrogen (secondary N) is 1. The summed E-state index contributed by atoms with van der Waals surface area (Å²) in [6.07, 6.45) is 4.02. The molecule has 1 saturated heterocycles. The first-order valence-electron chi connectivity index (χ1n) is 10.6. The van der Waals surface area contributed by atoms with E-state index in [4.69, 9.17) is 9.72 Å². The van der Waals surface area contributed by atoms with Crippen LogP contribution in [0.4, 0.5) is 4.39 Å². The second kappa shape index (κ2) is 9.85. The molecule has 0 bridgehead atoms. The van der Waals surface area contributed by atoms with Gasteiger partial charge in [-0.25, -0.2) is 9.37 Å². The van der Waals surface area contributed by atoms with Gasteiger partial charge < -0.3 is 19.5 Å². The van der Waals surface area contributed by atoms with Gasteiger partial charge in [0.15, 0.2) is 0 Å².